The molecular formula is C20H18ClN3O3. The third kappa shape index (κ3) is 4.35. The van der Waals surface area contributed by atoms with E-state index in [2.05, 4.69) is 15.6 Å². The average Bonchev–Trinajstić information content (AvgIpc) is 2.65. The second-order valence-corrected chi connectivity index (χ2v) is 6.39. The van der Waals surface area contributed by atoms with Gasteiger partial charge >= 0.3 is 0 Å². The molecule has 0 saturated carbocycles. The first-order valence-corrected chi connectivity index (χ1v) is 8.75. The lowest BCUT2D eigenvalue weighted by molar-refractivity contribution is 0.0927. The number of rotatable bonds is 5. The molecule has 2 amide bonds. The van der Waals surface area contributed by atoms with Crippen molar-refractivity contribution in [1.29, 1.82) is 0 Å². The molecule has 0 fully saturated rings. The van der Waals surface area contributed by atoms with E-state index in [1.54, 1.807) is 6.07 Å². The van der Waals surface area contributed by atoms with Crippen molar-refractivity contribution in [3.8, 4) is 5.75 Å². The van der Waals surface area contributed by atoms with Gasteiger partial charge in [-0.2, -0.15) is 0 Å². The van der Waals surface area contributed by atoms with Crippen LogP contribution in [0.1, 0.15) is 26.3 Å². The smallest absolute Gasteiger partial charge is 0.254 e. The Morgan fingerprint density at radius 3 is 2.41 bits per heavy atom. The number of phenolic OH excluding ortho intramolecular Hbond substituents is 1. The number of carbonyl (C=O) groups is 2. The summed E-state index contributed by atoms with van der Waals surface area (Å²) in [5.41, 5.74) is 2.47. The van der Waals surface area contributed by atoms with Crippen molar-refractivity contribution in [2.24, 2.45) is 0 Å². The molecular weight excluding hydrogens is 366 g/mol. The molecule has 27 heavy (non-hydrogen) atoms. The predicted octanol–water partition coefficient (Wildman–Crippen LogP) is 3.06. The molecule has 3 aromatic rings. The number of para-hydroxylation sites is 1. The minimum atomic E-state index is -0.352. The summed E-state index contributed by atoms with van der Waals surface area (Å²) < 4.78 is 0. The molecule has 0 radical (unpaired) electrons. The predicted molar refractivity (Wildman–Crippen MR) is 104 cm³/mol. The van der Waals surface area contributed by atoms with Crippen molar-refractivity contribution < 1.29 is 14.7 Å². The van der Waals surface area contributed by atoms with E-state index < -0.39 is 0 Å². The number of aromatic hydroxyl groups is 1. The van der Waals surface area contributed by atoms with E-state index in [-0.39, 0.29) is 35.8 Å². The van der Waals surface area contributed by atoms with Crippen LogP contribution in [0.15, 0.2) is 48.5 Å². The summed E-state index contributed by atoms with van der Waals surface area (Å²) in [6.07, 6.45) is 0. The number of hydrogen-bond donors (Lipinski definition) is 3. The van der Waals surface area contributed by atoms with Gasteiger partial charge in [-0.3, -0.25) is 9.59 Å². The Labute approximate surface area is 161 Å². The molecule has 0 unspecified atom stereocenters. The monoisotopic (exact) mass is 383 g/mol. The molecule has 0 saturated heterocycles. The van der Waals surface area contributed by atoms with Crippen LogP contribution in [-0.2, 0) is 0 Å². The zero-order chi connectivity index (χ0) is 19.4. The van der Waals surface area contributed by atoms with E-state index >= 15 is 0 Å². The fourth-order valence-corrected chi connectivity index (χ4v) is 2.87. The first kappa shape index (κ1) is 18.7. The fourth-order valence-electron chi connectivity index (χ4n) is 2.65. The molecule has 0 bridgehead atoms. The van der Waals surface area contributed by atoms with Crippen LogP contribution in [0.25, 0.3) is 10.9 Å². The molecule has 1 heterocycles. The SMILES string of the molecule is Cc1cccc2cc(C(=O)NCCNC(=O)c3ccc(O)cc3)c(Cl)nc12. The minimum absolute atomic E-state index is 0.0925. The number of benzene rings is 2. The summed E-state index contributed by atoms with van der Waals surface area (Å²) in [7, 11) is 0. The highest BCUT2D eigenvalue weighted by molar-refractivity contribution is 6.33. The standard InChI is InChI=1S/C20H18ClN3O3/c1-12-3-2-4-14-11-16(18(21)24-17(12)14)20(27)23-10-9-22-19(26)13-5-7-15(25)8-6-13/h2-8,11,25H,9-10H2,1H3,(H,22,26)(H,23,27). The van der Waals surface area contributed by atoms with Crippen molar-refractivity contribution >= 4 is 34.3 Å². The normalized spacial score (nSPS) is 10.6. The molecule has 3 N–H and O–H groups in total. The van der Waals surface area contributed by atoms with Gasteiger partial charge in [-0.05, 0) is 42.8 Å². The molecule has 7 heteroatoms. The first-order valence-electron chi connectivity index (χ1n) is 8.37. The van der Waals surface area contributed by atoms with Crippen molar-refractivity contribution in [2.45, 2.75) is 6.92 Å². The molecule has 3 rings (SSSR count). The Hall–Kier alpha value is -3.12. The van der Waals surface area contributed by atoms with Gasteiger partial charge in [0.05, 0.1) is 11.1 Å². The third-order valence-electron chi connectivity index (χ3n) is 4.07. The van der Waals surface area contributed by atoms with E-state index in [9.17, 15) is 14.7 Å². The maximum atomic E-state index is 12.4. The number of aromatic nitrogens is 1. The van der Waals surface area contributed by atoms with Crippen molar-refractivity contribution in [3.63, 3.8) is 0 Å². The number of nitrogens with zero attached hydrogens (tertiary/aromatic N) is 1. The molecule has 0 spiro atoms. The molecule has 0 atom stereocenters. The molecule has 0 aliphatic carbocycles. The Bertz CT molecular complexity index is 1000. The maximum Gasteiger partial charge on any atom is 0.254 e. The summed E-state index contributed by atoms with van der Waals surface area (Å²) in [6.45, 7) is 2.43. The number of phenols is 1. The minimum Gasteiger partial charge on any atom is -0.508 e. The van der Waals surface area contributed by atoms with Crippen molar-refractivity contribution in [2.75, 3.05) is 13.1 Å². The zero-order valence-corrected chi connectivity index (χ0v) is 15.4. The van der Waals surface area contributed by atoms with Gasteiger partial charge in [0.25, 0.3) is 11.8 Å². The van der Waals surface area contributed by atoms with Crippen LogP contribution in [0, 0.1) is 6.92 Å². The van der Waals surface area contributed by atoms with E-state index in [1.807, 2.05) is 25.1 Å². The quantitative estimate of drug-likeness (QED) is 0.466. The summed E-state index contributed by atoms with van der Waals surface area (Å²) in [6, 6.07) is 13.3. The fraction of sp³-hybridized carbons (Fsp3) is 0.150. The number of carbonyl (C=O) groups excluding carboxylic acids is 2. The third-order valence-corrected chi connectivity index (χ3v) is 4.36. The maximum absolute atomic E-state index is 12.4. The summed E-state index contributed by atoms with van der Waals surface area (Å²) in [5, 5.41) is 15.6. The summed E-state index contributed by atoms with van der Waals surface area (Å²) in [4.78, 5) is 28.7. The van der Waals surface area contributed by atoms with Gasteiger partial charge in [0.1, 0.15) is 10.9 Å². The Balaban J connectivity index is 1.58. The second kappa shape index (κ2) is 8.05. The van der Waals surface area contributed by atoms with Gasteiger partial charge in [-0.25, -0.2) is 4.98 Å². The summed E-state index contributed by atoms with van der Waals surface area (Å²) in [5.74, 6) is -0.546. The summed E-state index contributed by atoms with van der Waals surface area (Å²) >= 11 is 6.16. The van der Waals surface area contributed by atoms with Gasteiger partial charge in [0, 0.05) is 24.0 Å². The van der Waals surface area contributed by atoms with Gasteiger partial charge in [0.15, 0.2) is 0 Å². The Morgan fingerprint density at radius 2 is 1.70 bits per heavy atom. The topological polar surface area (TPSA) is 91.3 Å². The van der Waals surface area contributed by atoms with Crippen LogP contribution in [0.4, 0.5) is 0 Å². The van der Waals surface area contributed by atoms with Crippen molar-refractivity contribution in [1.82, 2.24) is 15.6 Å². The Kier molecular flexibility index (Phi) is 5.57. The van der Waals surface area contributed by atoms with Crippen molar-refractivity contribution in [3.05, 3.63) is 70.4 Å². The van der Waals surface area contributed by atoms with E-state index in [4.69, 9.17) is 11.6 Å². The van der Waals surface area contributed by atoms with Gasteiger partial charge in [-0.15, -0.1) is 0 Å². The Morgan fingerprint density at radius 1 is 1.04 bits per heavy atom. The van der Waals surface area contributed by atoms with Crippen LogP contribution in [0.3, 0.4) is 0 Å². The lowest BCUT2D eigenvalue weighted by Gasteiger charge is -2.10. The molecule has 138 valence electrons. The van der Waals surface area contributed by atoms with Crippen LogP contribution in [0.5, 0.6) is 5.75 Å². The highest BCUT2D eigenvalue weighted by atomic mass is 35.5. The van der Waals surface area contributed by atoms with E-state index in [1.165, 1.54) is 24.3 Å². The van der Waals surface area contributed by atoms with Gasteiger partial charge in [0.2, 0.25) is 0 Å². The van der Waals surface area contributed by atoms with Crippen LogP contribution >= 0.6 is 11.6 Å². The molecule has 0 aliphatic rings. The van der Waals surface area contributed by atoms with E-state index in [0.717, 1.165) is 16.5 Å². The highest BCUT2D eigenvalue weighted by Crippen LogP contribution is 2.22. The molecule has 0 aliphatic heterocycles. The van der Waals surface area contributed by atoms with Gasteiger partial charge < -0.3 is 15.7 Å². The first-order chi connectivity index (χ1) is 13.0. The number of halogens is 1. The largest absolute Gasteiger partial charge is 0.508 e. The second-order valence-electron chi connectivity index (χ2n) is 6.03. The molecule has 2 aromatic carbocycles. The number of amides is 2. The number of fused-ring (bicyclic) bond motifs is 1. The zero-order valence-electron chi connectivity index (χ0n) is 14.6. The molecule has 1 aromatic heterocycles. The van der Waals surface area contributed by atoms with E-state index in [0.29, 0.717) is 11.1 Å². The van der Waals surface area contributed by atoms with Crippen LogP contribution in [0.2, 0.25) is 5.15 Å². The van der Waals surface area contributed by atoms with Gasteiger partial charge in [-0.1, -0.05) is 29.8 Å². The average molecular weight is 384 g/mol. The molecule has 6 nitrogen and oxygen atoms in total. The van der Waals surface area contributed by atoms with Crippen LogP contribution in [-0.4, -0.2) is 35.0 Å². The lowest BCUT2D eigenvalue weighted by atomic mass is 10.1. The van der Waals surface area contributed by atoms with Crippen LogP contribution < -0.4 is 10.6 Å². The number of pyridine rings is 1. The number of aryl methyl sites for hydroxylation is 1. The lowest BCUT2D eigenvalue weighted by Crippen LogP contribution is -2.34. The highest BCUT2D eigenvalue weighted by Gasteiger charge is 2.13. The number of nitrogens with one attached hydrogen (secondary N) is 2. The number of hydrogen-bond acceptors (Lipinski definition) is 4.